The molecule has 0 aliphatic heterocycles. The van der Waals surface area contributed by atoms with E-state index in [9.17, 15) is 13.2 Å². The minimum absolute atomic E-state index is 0.0220. The summed E-state index contributed by atoms with van der Waals surface area (Å²) >= 11 is 0. The molecule has 0 amide bonds. The third kappa shape index (κ3) is 4.45. The molecule has 1 aliphatic carbocycles. The Bertz CT molecular complexity index is 441. The van der Waals surface area contributed by atoms with Gasteiger partial charge in [-0.2, -0.15) is 13.2 Å². The number of hydrogen-bond donors (Lipinski definition) is 1. The fourth-order valence-corrected chi connectivity index (χ4v) is 2.97. The Kier molecular flexibility index (Phi) is 4.94. The molecule has 2 N–H and O–H groups in total. The maximum absolute atomic E-state index is 12.9. The van der Waals surface area contributed by atoms with Crippen molar-refractivity contribution in [2.45, 2.75) is 51.0 Å². The minimum atomic E-state index is -4.19. The second-order valence-corrected chi connectivity index (χ2v) is 6.19. The van der Waals surface area contributed by atoms with E-state index in [0.717, 1.165) is 18.4 Å². The van der Waals surface area contributed by atoms with Crippen molar-refractivity contribution in [2.75, 3.05) is 6.54 Å². The Balaban J connectivity index is 2.23. The molecule has 2 atom stereocenters. The molecule has 0 bridgehead atoms. The van der Waals surface area contributed by atoms with Crippen LogP contribution in [0.25, 0.3) is 0 Å². The largest absolute Gasteiger partial charge is 0.401 e. The van der Waals surface area contributed by atoms with Gasteiger partial charge in [0.25, 0.3) is 0 Å². The lowest BCUT2D eigenvalue weighted by atomic mass is 9.90. The number of benzene rings is 1. The van der Waals surface area contributed by atoms with Crippen LogP contribution in [0.15, 0.2) is 30.3 Å². The average Bonchev–Trinajstić information content (AvgIpc) is 3.21. The first-order valence-electron chi connectivity index (χ1n) is 7.42. The Morgan fingerprint density at radius 1 is 1.19 bits per heavy atom. The summed E-state index contributed by atoms with van der Waals surface area (Å²) in [6.07, 6.45) is -2.52. The molecule has 2 nitrogen and oxygen atoms in total. The number of nitrogens with zero attached hydrogens (tertiary/aromatic N) is 1. The summed E-state index contributed by atoms with van der Waals surface area (Å²) in [6.45, 7) is 3.01. The van der Waals surface area contributed by atoms with Gasteiger partial charge in [-0.3, -0.25) is 4.90 Å². The number of halogens is 3. The first kappa shape index (κ1) is 16.3. The van der Waals surface area contributed by atoms with Crippen LogP contribution in [-0.4, -0.2) is 29.7 Å². The number of alkyl halides is 3. The molecule has 0 aromatic heterocycles. The number of hydrogen-bond acceptors (Lipinski definition) is 2. The summed E-state index contributed by atoms with van der Waals surface area (Å²) in [4.78, 5) is 1.57. The van der Waals surface area contributed by atoms with Crippen molar-refractivity contribution in [3.05, 3.63) is 35.9 Å². The van der Waals surface area contributed by atoms with Gasteiger partial charge in [-0.15, -0.1) is 0 Å². The molecule has 2 rings (SSSR count). The summed E-state index contributed by atoms with van der Waals surface area (Å²) in [5, 5.41) is 0. The zero-order valence-corrected chi connectivity index (χ0v) is 12.5. The van der Waals surface area contributed by atoms with Crippen molar-refractivity contribution < 1.29 is 13.2 Å². The summed E-state index contributed by atoms with van der Waals surface area (Å²) in [5.41, 5.74) is 7.21. The van der Waals surface area contributed by atoms with Crippen LogP contribution in [-0.2, 0) is 0 Å². The van der Waals surface area contributed by atoms with Crippen LogP contribution in [0.3, 0.4) is 0 Å². The van der Waals surface area contributed by atoms with Gasteiger partial charge in [-0.25, -0.2) is 0 Å². The quantitative estimate of drug-likeness (QED) is 0.867. The number of nitrogens with two attached hydrogens (primary N) is 1. The molecular formula is C16H23F3N2. The first-order valence-corrected chi connectivity index (χ1v) is 7.42. The summed E-state index contributed by atoms with van der Waals surface area (Å²) < 4.78 is 38.7. The van der Waals surface area contributed by atoms with Gasteiger partial charge in [0.2, 0.25) is 0 Å². The van der Waals surface area contributed by atoms with Crippen LogP contribution < -0.4 is 5.73 Å². The molecule has 0 spiro atoms. The molecule has 1 saturated carbocycles. The maximum Gasteiger partial charge on any atom is 0.401 e. The highest BCUT2D eigenvalue weighted by Gasteiger charge is 2.44. The molecular weight excluding hydrogens is 277 g/mol. The van der Waals surface area contributed by atoms with Crippen molar-refractivity contribution in [2.24, 2.45) is 11.7 Å². The second kappa shape index (κ2) is 6.36. The predicted molar refractivity (Wildman–Crippen MR) is 77.8 cm³/mol. The van der Waals surface area contributed by atoms with Crippen molar-refractivity contribution in [3.63, 3.8) is 0 Å². The summed E-state index contributed by atoms with van der Waals surface area (Å²) in [5.74, 6) is 0.0585. The van der Waals surface area contributed by atoms with E-state index in [0.29, 0.717) is 0 Å². The van der Waals surface area contributed by atoms with Gasteiger partial charge in [0, 0.05) is 18.1 Å². The highest BCUT2D eigenvalue weighted by Crippen LogP contribution is 2.37. The van der Waals surface area contributed by atoms with Gasteiger partial charge in [-0.05, 0) is 24.3 Å². The molecule has 21 heavy (non-hydrogen) atoms. The molecule has 1 aromatic carbocycles. The van der Waals surface area contributed by atoms with Gasteiger partial charge >= 0.3 is 6.18 Å². The van der Waals surface area contributed by atoms with Gasteiger partial charge in [0.05, 0.1) is 6.54 Å². The maximum atomic E-state index is 12.9. The minimum Gasteiger partial charge on any atom is -0.323 e. The van der Waals surface area contributed by atoms with Crippen molar-refractivity contribution in [1.82, 2.24) is 4.90 Å². The van der Waals surface area contributed by atoms with Crippen LogP contribution in [0.1, 0.15) is 38.3 Å². The Hall–Kier alpha value is -1.07. The molecule has 1 aliphatic rings. The molecule has 0 heterocycles. The van der Waals surface area contributed by atoms with Gasteiger partial charge < -0.3 is 5.73 Å². The van der Waals surface area contributed by atoms with Crippen LogP contribution in [0, 0.1) is 5.92 Å². The van der Waals surface area contributed by atoms with E-state index >= 15 is 0 Å². The second-order valence-electron chi connectivity index (χ2n) is 6.19. The standard InChI is InChI=1S/C16H23F3N2/c1-11(2)15(14(20)12-6-4-3-5-7-12)21(13-8-9-13)10-16(17,18)19/h3-7,11,13-15H,8-10,20H2,1-2H3. The van der Waals surface area contributed by atoms with E-state index in [2.05, 4.69) is 0 Å². The number of rotatable bonds is 6. The fraction of sp³-hybridized carbons (Fsp3) is 0.625. The van der Waals surface area contributed by atoms with Crippen molar-refractivity contribution in [3.8, 4) is 0 Å². The highest BCUT2D eigenvalue weighted by atomic mass is 19.4. The zero-order chi connectivity index (χ0) is 15.6. The molecule has 0 radical (unpaired) electrons. The monoisotopic (exact) mass is 300 g/mol. The van der Waals surface area contributed by atoms with E-state index in [1.54, 1.807) is 4.90 Å². The average molecular weight is 300 g/mol. The highest BCUT2D eigenvalue weighted by molar-refractivity contribution is 5.21. The molecule has 5 heteroatoms. The smallest absolute Gasteiger partial charge is 0.323 e. The van der Waals surface area contributed by atoms with Crippen molar-refractivity contribution >= 4 is 0 Å². The van der Waals surface area contributed by atoms with Crippen LogP contribution in [0.4, 0.5) is 13.2 Å². The van der Waals surface area contributed by atoms with E-state index in [-0.39, 0.29) is 18.0 Å². The molecule has 0 saturated heterocycles. The summed E-state index contributed by atoms with van der Waals surface area (Å²) in [6, 6.07) is 8.71. The topological polar surface area (TPSA) is 29.3 Å². The third-order valence-electron chi connectivity index (χ3n) is 4.00. The Morgan fingerprint density at radius 3 is 2.19 bits per heavy atom. The third-order valence-corrected chi connectivity index (χ3v) is 4.00. The lowest BCUT2D eigenvalue weighted by Crippen LogP contribution is -2.50. The van der Waals surface area contributed by atoms with E-state index in [1.807, 2.05) is 44.2 Å². The molecule has 118 valence electrons. The molecule has 1 aromatic rings. The van der Waals surface area contributed by atoms with Crippen molar-refractivity contribution in [1.29, 1.82) is 0 Å². The SMILES string of the molecule is CC(C)C(C(N)c1ccccc1)N(CC(F)(F)F)C1CC1. The summed E-state index contributed by atoms with van der Waals surface area (Å²) in [7, 11) is 0. The fourth-order valence-electron chi connectivity index (χ4n) is 2.97. The molecule has 1 fully saturated rings. The zero-order valence-electron chi connectivity index (χ0n) is 12.5. The van der Waals surface area contributed by atoms with Crippen LogP contribution in [0.2, 0.25) is 0 Å². The lowest BCUT2D eigenvalue weighted by Gasteiger charge is -2.39. The Morgan fingerprint density at radius 2 is 1.76 bits per heavy atom. The lowest BCUT2D eigenvalue weighted by molar-refractivity contribution is -0.155. The van der Waals surface area contributed by atoms with Gasteiger partial charge in [0.1, 0.15) is 0 Å². The predicted octanol–water partition coefficient (Wildman–Crippen LogP) is 3.74. The van der Waals surface area contributed by atoms with E-state index < -0.39 is 18.8 Å². The Labute approximate surface area is 124 Å². The first-order chi connectivity index (χ1) is 9.79. The van der Waals surface area contributed by atoms with Gasteiger partial charge in [0.15, 0.2) is 0 Å². The van der Waals surface area contributed by atoms with E-state index in [1.165, 1.54) is 0 Å². The van der Waals surface area contributed by atoms with Crippen LogP contribution >= 0.6 is 0 Å². The van der Waals surface area contributed by atoms with E-state index in [4.69, 9.17) is 5.73 Å². The van der Waals surface area contributed by atoms with Gasteiger partial charge in [-0.1, -0.05) is 44.2 Å². The normalized spacial score (nSPS) is 19.0. The van der Waals surface area contributed by atoms with Crippen LogP contribution in [0.5, 0.6) is 0 Å². The molecule has 2 unspecified atom stereocenters.